The van der Waals surface area contributed by atoms with Crippen LogP contribution in [0.25, 0.3) is 0 Å². The van der Waals surface area contributed by atoms with E-state index in [4.69, 9.17) is 18.0 Å². The summed E-state index contributed by atoms with van der Waals surface area (Å²) >= 11 is 4.87. The summed E-state index contributed by atoms with van der Waals surface area (Å²) in [6.07, 6.45) is 3.24. The highest BCUT2D eigenvalue weighted by molar-refractivity contribution is 7.80. The van der Waals surface area contributed by atoms with Crippen LogP contribution in [0.3, 0.4) is 0 Å². The van der Waals surface area contributed by atoms with Crippen LogP contribution >= 0.6 is 12.2 Å². The third-order valence-electron chi connectivity index (χ3n) is 3.46. The topological polar surface area (TPSA) is 32.5 Å². The zero-order chi connectivity index (χ0) is 12.1. The maximum absolute atomic E-state index is 5.48. The summed E-state index contributed by atoms with van der Waals surface area (Å²) in [5.41, 5.74) is 5.48. The van der Waals surface area contributed by atoms with Crippen LogP contribution in [-0.4, -0.2) is 54.6 Å². The number of unbranched alkanes of at least 4 members (excludes halogenated alkanes) is 1. The Labute approximate surface area is 105 Å². The van der Waals surface area contributed by atoms with Crippen LogP contribution < -0.4 is 5.73 Å². The Morgan fingerprint density at radius 2 is 2.06 bits per heavy atom. The highest BCUT2D eigenvalue weighted by atomic mass is 32.1. The Morgan fingerprint density at radius 3 is 2.56 bits per heavy atom. The van der Waals surface area contributed by atoms with Gasteiger partial charge >= 0.3 is 0 Å². The number of hydrogen-bond donors (Lipinski definition) is 1. The van der Waals surface area contributed by atoms with Gasteiger partial charge in [0.05, 0.1) is 4.99 Å². The molecule has 4 heteroatoms. The highest BCUT2D eigenvalue weighted by Gasteiger charge is 2.30. The summed E-state index contributed by atoms with van der Waals surface area (Å²) in [6.45, 7) is 5.98. The van der Waals surface area contributed by atoms with Crippen molar-refractivity contribution in [2.24, 2.45) is 11.7 Å². The first-order chi connectivity index (χ1) is 7.50. The predicted octanol–water partition coefficient (Wildman–Crippen LogP) is 1.32. The van der Waals surface area contributed by atoms with Gasteiger partial charge in [0.1, 0.15) is 0 Å². The lowest BCUT2D eigenvalue weighted by molar-refractivity contribution is 0.251. The predicted molar refractivity (Wildman–Crippen MR) is 73.7 cm³/mol. The molecule has 0 bridgehead atoms. The zero-order valence-corrected chi connectivity index (χ0v) is 11.6. The Balaban J connectivity index is 2.18. The van der Waals surface area contributed by atoms with Crippen LogP contribution in [0.4, 0.5) is 0 Å². The lowest BCUT2D eigenvalue weighted by atomic mass is 10.1. The van der Waals surface area contributed by atoms with Gasteiger partial charge in [-0.3, -0.25) is 0 Å². The van der Waals surface area contributed by atoms with Crippen molar-refractivity contribution in [2.45, 2.75) is 32.2 Å². The summed E-state index contributed by atoms with van der Waals surface area (Å²) in [6, 6.07) is 0.718. The summed E-state index contributed by atoms with van der Waals surface area (Å²) in [7, 11) is 4.36. The van der Waals surface area contributed by atoms with Crippen molar-refractivity contribution >= 4 is 17.2 Å². The van der Waals surface area contributed by atoms with Crippen molar-refractivity contribution < 1.29 is 0 Å². The maximum Gasteiger partial charge on any atom is 0.0727 e. The molecule has 1 saturated heterocycles. The van der Waals surface area contributed by atoms with Crippen LogP contribution in [0, 0.1) is 5.92 Å². The molecule has 0 radical (unpaired) electrons. The average molecular weight is 243 g/mol. The molecule has 1 aliphatic rings. The first kappa shape index (κ1) is 13.9. The van der Waals surface area contributed by atoms with Gasteiger partial charge in [-0.1, -0.05) is 19.1 Å². The molecular formula is C12H25N3S. The second kappa shape index (κ2) is 6.52. The van der Waals surface area contributed by atoms with Crippen molar-refractivity contribution in [3.8, 4) is 0 Å². The van der Waals surface area contributed by atoms with Crippen LogP contribution in [0.15, 0.2) is 0 Å². The number of nitrogens with zero attached hydrogens (tertiary/aromatic N) is 2. The minimum absolute atomic E-state index is 0.654. The van der Waals surface area contributed by atoms with Gasteiger partial charge in [0.2, 0.25) is 0 Å². The van der Waals surface area contributed by atoms with Gasteiger partial charge in [0, 0.05) is 19.1 Å². The van der Waals surface area contributed by atoms with Crippen LogP contribution in [0.1, 0.15) is 26.2 Å². The lowest BCUT2D eigenvalue weighted by Gasteiger charge is -2.22. The minimum atomic E-state index is 0.654. The molecule has 2 atom stereocenters. The molecule has 0 aromatic rings. The van der Waals surface area contributed by atoms with E-state index in [0.29, 0.717) is 4.99 Å². The Morgan fingerprint density at radius 1 is 1.38 bits per heavy atom. The minimum Gasteiger partial charge on any atom is -0.393 e. The summed E-state index contributed by atoms with van der Waals surface area (Å²) < 4.78 is 0. The van der Waals surface area contributed by atoms with Crippen molar-refractivity contribution in [3.05, 3.63) is 0 Å². The average Bonchev–Trinajstić information content (AvgIpc) is 2.54. The van der Waals surface area contributed by atoms with Gasteiger partial charge in [0.15, 0.2) is 0 Å². The first-order valence-electron chi connectivity index (χ1n) is 6.17. The number of thiocarbonyl (C=S) groups is 1. The second-order valence-electron chi connectivity index (χ2n) is 5.19. The molecule has 2 unspecified atom stereocenters. The maximum atomic E-state index is 5.48. The number of rotatable bonds is 6. The number of nitrogens with two attached hydrogens (primary N) is 1. The Bertz CT molecular complexity index is 230. The van der Waals surface area contributed by atoms with Gasteiger partial charge in [-0.05, 0) is 45.8 Å². The number of likely N-dealkylation sites (tertiary alicyclic amines) is 1. The van der Waals surface area contributed by atoms with E-state index in [2.05, 4.69) is 30.8 Å². The molecule has 2 N–H and O–H groups in total. The first-order valence-corrected chi connectivity index (χ1v) is 6.58. The molecule has 1 heterocycles. The Hall–Kier alpha value is -0.190. The van der Waals surface area contributed by atoms with E-state index < -0.39 is 0 Å². The molecule has 0 aliphatic carbocycles. The summed E-state index contributed by atoms with van der Waals surface area (Å²) in [5, 5.41) is 0. The molecule has 3 nitrogen and oxygen atoms in total. The fourth-order valence-corrected chi connectivity index (χ4v) is 2.68. The van der Waals surface area contributed by atoms with Crippen molar-refractivity contribution in [3.63, 3.8) is 0 Å². The van der Waals surface area contributed by atoms with Gasteiger partial charge in [-0.2, -0.15) is 0 Å². The lowest BCUT2D eigenvalue weighted by Crippen LogP contribution is -2.34. The van der Waals surface area contributed by atoms with E-state index in [1.54, 1.807) is 0 Å². The molecule has 1 fully saturated rings. The van der Waals surface area contributed by atoms with E-state index in [9.17, 15) is 0 Å². The molecule has 94 valence electrons. The second-order valence-corrected chi connectivity index (χ2v) is 5.72. The molecular weight excluding hydrogens is 218 g/mol. The van der Waals surface area contributed by atoms with E-state index in [1.807, 2.05) is 0 Å². The van der Waals surface area contributed by atoms with Crippen LogP contribution in [-0.2, 0) is 0 Å². The highest BCUT2D eigenvalue weighted by Crippen LogP contribution is 2.20. The van der Waals surface area contributed by atoms with Crippen molar-refractivity contribution in [2.75, 3.05) is 33.7 Å². The fourth-order valence-electron chi connectivity index (χ4n) is 2.54. The number of likely N-dealkylation sites (N-methyl/N-ethyl adjacent to an activating group) is 1. The van der Waals surface area contributed by atoms with Crippen molar-refractivity contribution in [1.82, 2.24) is 9.80 Å². The van der Waals surface area contributed by atoms with Gasteiger partial charge in [-0.25, -0.2) is 0 Å². The quantitative estimate of drug-likeness (QED) is 0.563. The SMILES string of the molecule is CC1CN(CCCCC(N)=S)CC1N(C)C. The molecule has 1 rings (SSSR count). The van der Waals surface area contributed by atoms with Gasteiger partial charge in [-0.15, -0.1) is 0 Å². The molecule has 0 spiro atoms. The Kier molecular flexibility index (Phi) is 5.66. The molecule has 0 aromatic heterocycles. The molecule has 0 aromatic carbocycles. The zero-order valence-electron chi connectivity index (χ0n) is 10.8. The van der Waals surface area contributed by atoms with E-state index in [1.165, 1.54) is 26.1 Å². The van der Waals surface area contributed by atoms with Gasteiger partial charge < -0.3 is 15.5 Å². The standard InChI is InChI=1S/C12H25N3S/c1-10-8-15(9-11(10)14(2)3)7-5-4-6-12(13)16/h10-11H,4-9H2,1-3H3,(H2,13,16). The molecule has 0 saturated carbocycles. The van der Waals surface area contributed by atoms with E-state index in [0.717, 1.165) is 24.8 Å². The smallest absolute Gasteiger partial charge is 0.0727 e. The monoisotopic (exact) mass is 243 g/mol. The third kappa shape index (κ3) is 4.36. The number of hydrogen-bond acceptors (Lipinski definition) is 3. The van der Waals surface area contributed by atoms with E-state index >= 15 is 0 Å². The van der Waals surface area contributed by atoms with Crippen molar-refractivity contribution in [1.29, 1.82) is 0 Å². The summed E-state index contributed by atoms with van der Waals surface area (Å²) in [5.74, 6) is 0.783. The molecule has 0 amide bonds. The fraction of sp³-hybridized carbons (Fsp3) is 0.917. The largest absolute Gasteiger partial charge is 0.393 e. The van der Waals surface area contributed by atoms with E-state index in [-0.39, 0.29) is 0 Å². The normalized spacial score (nSPS) is 26.5. The van der Waals surface area contributed by atoms with Crippen LogP contribution in [0.2, 0.25) is 0 Å². The van der Waals surface area contributed by atoms with Crippen LogP contribution in [0.5, 0.6) is 0 Å². The summed E-state index contributed by atoms with van der Waals surface area (Å²) in [4.78, 5) is 5.56. The molecule has 16 heavy (non-hydrogen) atoms. The molecule has 1 aliphatic heterocycles. The third-order valence-corrected chi connectivity index (χ3v) is 3.66. The van der Waals surface area contributed by atoms with Gasteiger partial charge in [0.25, 0.3) is 0 Å².